The van der Waals surface area contributed by atoms with Gasteiger partial charge in [-0.1, -0.05) is 55.0 Å². The number of carbonyl (C=O) groups is 1. The second-order valence-electron chi connectivity index (χ2n) is 5.44. The van der Waals surface area contributed by atoms with Crippen LogP contribution >= 0.6 is 0 Å². The van der Waals surface area contributed by atoms with Crippen LogP contribution in [0.2, 0.25) is 0 Å². The van der Waals surface area contributed by atoms with E-state index in [1.165, 1.54) is 11.1 Å². The summed E-state index contributed by atoms with van der Waals surface area (Å²) >= 11 is 0. The van der Waals surface area contributed by atoms with Crippen molar-refractivity contribution in [2.45, 2.75) is 20.4 Å². The summed E-state index contributed by atoms with van der Waals surface area (Å²) in [5.74, 6) is -1.17. The normalized spacial score (nSPS) is 11.9. The summed E-state index contributed by atoms with van der Waals surface area (Å²) in [6.45, 7) is 5.01. The number of aryl methyl sites for hydroxylation is 1. The summed E-state index contributed by atoms with van der Waals surface area (Å²) in [6.07, 6.45) is 0. The Kier molecular flexibility index (Phi) is 4.99. The number of hydrogen-bond donors (Lipinski definition) is 1. The van der Waals surface area contributed by atoms with Crippen molar-refractivity contribution >= 4 is 11.7 Å². The molecule has 110 valence electrons. The van der Waals surface area contributed by atoms with Crippen molar-refractivity contribution in [3.05, 3.63) is 65.7 Å². The highest BCUT2D eigenvalue weighted by Crippen LogP contribution is 2.19. The Morgan fingerprint density at radius 2 is 1.71 bits per heavy atom. The number of para-hydroxylation sites is 1. The van der Waals surface area contributed by atoms with Crippen LogP contribution in [0.1, 0.15) is 18.1 Å². The largest absolute Gasteiger partial charge is 0.481 e. The quantitative estimate of drug-likeness (QED) is 0.878. The van der Waals surface area contributed by atoms with Crippen molar-refractivity contribution in [2.24, 2.45) is 5.92 Å². The molecule has 3 nitrogen and oxygen atoms in total. The third kappa shape index (κ3) is 4.35. The van der Waals surface area contributed by atoms with E-state index in [0.29, 0.717) is 13.1 Å². The zero-order valence-corrected chi connectivity index (χ0v) is 12.5. The van der Waals surface area contributed by atoms with Crippen LogP contribution in [0.3, 0.4) is 0 Å². The van der Waals surface area contributed by atoms with Crippen molar-refractivity contribution in [3.63, 3.8) is 0 Å². The summed E-state index contributed by atoms with van der Waals surface area (Å²) < 4.78 is 0. The minimum Gasteiger partial charge on any atom is -0.481 e. The lowest BCUT2D eigenvalue weighted by Crippen LogP contribution is -2.31. The van der Waals surface area contributed by atoms with Gasteiger partial charge in [-0.15, -0.1) is 0 Å². The molecule has 21 heavy (non-hydrogen) atoms. The molecule has 0 heterocycles. The van der Waals surface area contributed by atoms with Crippen LogP contribution < -0.4 is 4.90 Å². The van der Waals surface area contributed by atoms with E-state index in [9.17, 15) is 4.79 Å². The van der Waals surface area contributed by atoms with Crippen LogP contribution in [0.15, 0.2) is 54.6 Å². The molecule has 0 aromatic heterocycles. The summed E-state index contributed by atoms with van der Waals surface area (Å²) in [6, 6.07) is 18.3. The van der Waals surface area contributed by atoms with Gasteiger partial charge in [0.2, 0.25) is 0 Å². The van der Waals surface area contributed by atoms with E-state index in [0.717, 1.165) is 5.69 Å². The van der Waals surface area contributed by atoms with Gasteiger partial charge in [0.25, 0.3) is 0 Å². The van der Waals surface area contributed by atoms with Gasteiger partial charge >= 0.3 is 5.97 Å². The van der Waals surface area contributed by atoms with Crippen LogP contribution in [0, 0.1) is 12.8 Å². The molecule has 1 unspecified atom stereocenters. The molecule has 0 amide bonds. The third-order valence-electron chi connectivity index (χ3n) is 3.53. The fourth-order valence-electron chi connectivity index (χ4n) is 2.22. The molecule has 0 aliphatic heterocycles. The molecule has 2 rings (SSSR count). The topological polar surface area (TPSA) is 40.5 Å². The molecule has 0 aliphatic carbocycles. The van der Waals surface area contributed by atoms with E-state index < -0.39 is 11.9 Å². The van der Waals surface area contributed by atoms with Crippen LogP contribution in [0.5, 0.6) is 0 Å². The maximum atomic E-state index is 11.1. The van der Waals surface area contributed by atoms with Crippen molar-refractivity contribution < 1.29 is 9.90 Å². The van der Waals surface area contributed by atoms with Gasteiger partial charge in [-0.05, 0) is 24.6 Å². The Hall–Kier alpha value is -2.29. The minimum absolute atomic E-state index is 0.407. The monoisotopic (exact) mass is 283 g/mol. The molecule has 2 aromatic rings. The van der Waals surface area contributed by atoms with Crippen LogP contribution in [-0.2, 0) is 11.3 Å². The predicted molar refractivity (Wildman–Crippen MR) is 85.5 cm³/mol. The number of nitrogens with zero attached hydrogens (tertiary/aromatic N) is 1. The number of rotatable bonds is 6. The van der Waals surface area contributed by atoms with Gasteiger partial charge in [-0.25, -0.2) is 0 Å². The van der Waals surface area contributed by atoms with Crippen molar-refractivity contribution in [1.29, 1.82) is 0 Å². The lowest BCUT2D eigenvalue weighted by Gasteiger charge is -2.27. The first kappa shape index (κ1) is 15.1. The summed E-state index contributed by atoms with van der Waals surface area (Å²) in [5.41, 5.74) is 3.46. The Morgan fingerprint density at radius 1 is 1.10 bits per heavy atom. The maximum Gasteiger partial charge on any atom is 0.308 e. The van der Waals surface area contributed by atoms with E-state index in [1.54, 1.807) is 6.92 Å². The Balaban J connectivity index is 2.19. The molecule has 0 spiro atoms. The SMILES string of the molecule is Cc1ccc(CN(CC(C)C(=O)O)c2ccccc2)cc1. The van der Waals surface area contributed by atoms with E-state index in [4.69, 9.17) is 5.11 Å². The standard InChI is InChI=1S/C18H21NO2/c1-14-8-10-16(11-9-14)13-19(12-15(2)18(20)21)17-6-4-3-5-7-17/h3-11,15H,12-13H2,1-2H3,(H,20,21). The second-order valence-corrected chi connectivity index (χ2v) is 5.44. The first-order chi connectivity index (χ1) is 10.1. The van der Waals surface area contributed by atoms with E-state index >= 15 is 0 Å². The van der Waals surface area contributed by atoms with Crippen LogP contribution in [0.4, 0.5) is 5.69 Å². The van der Waals surface area contributed by atoms with Gasteiger partial charge < -0.3 is 10.0 Å². The molecule has 0 radical (unpaired) electrons. The van der Waals surface area contributed by atoms with Crippen LogP contribution in [0.25, 0.3) is 0 Å². The molecule has 0 aliphatic rings. The third-order valence-corrected chi connectivity index (χ3v) is 3.53. The molecular weight excluding hydrogens is 262 g/mol. The first-order valence-corrected chi connectivity index (χ1v) is 7.14. The van der Waals surface area contributed by atoms with E-state index in [2.05, 4.69) is 36.1 Å². The number of carboxylic acids is 1. The Bertz CT molecular complexity index is 578. The van der Waals surface area contributed by atoms with Gasteiger partial charge in [0.1, 0.15) is 0 Å². The fraction of sp³-hybridized carbons (Fsp3) is 0.278. The Labute approximate surface area is 125 Å². The number of carboxylic acid groups (broad SMARTS) is 1. The molecule has 0 saturated carbocycles. The average molecular weight is 283 g/mol. The molecular formula is C18H21NO2. The van der Waals surface area contributed by atoms with Crippen molar-refractivity contribution in [1.82, 2.24) is 0 Å². The summed E-state index contributed by atoms with van der Waals surface area (Å²) in [7, 11) is 0. The summed E-state index contributed by atoms with van der Waals surface area (Å²) in [5, 5.41) is 9.15. The van der Waals surface area contributed by atoms with Gasteiger partial charge in [0.15, 0.2) is 0 Å². The zero-order chi connectivity index (χ0) is 15.2. The van der Waals surface area contributed by atoms with Gasteiger partial charge in [0.05, 0.1) is 5.92 Å². The second kappa shape index (κ2) is 6.93. The molecule has 1 N–H and O–H groups in total. The van der Waals surface area contributed by atoms with Gasteiger partial charge in [-0.2, -0.15) is 0 Å². The minimum atomic E-state index is -0.764. The maximum absolute atomic E-state index is 11.1. The van der Waals surface area contributed by atoms with E-state index in [1.807, 2.05) is 30.3 Å². The predicted octanol–water partition coefficient (Wildman–Crippen LogP) is 3.72. The smallest absolute Gasteiger partial charge is 0.308 e. The van der Waals surface area contributed by atoms with Gasteiger partial charge in [-0.3, -0.25) is 4.79 Å². The highest BCUT2D eigenvalue weighted by atomic mass is 16.4. The fourth-order valence-corrected chi connectivity index (χ4v) is 2.22. The molecule has 0 bridgehead atoms. The highest BCUT2D eigenvalue weighted by molar-refractivity contribution is 5.70. The van der Waals surface area contributed by atoms with Crippen molar-refractivity contribution in [2.75, 3.05) is 11.4 Å². The lowest BCUT2D eigenvalue weighted by atomic mass is 10.1. The zero-order valence-electron chi connectivity index (χ0n) is 12.5. The van der Waals surface area contributed by atoms with Crippen molar-refractivity contribution in [3.8, 4) is 0 Å². The molecule has 3 heteroatoms. The average Bonchev–Trinajstić information content (AvgIpc) is 2.49. The number of aliphatic carboxylic acids is 1. The molecule has 0 saturated heterocycles. The van der Waals surface area contributed by atoms with Crippen LogP contribution in [-0.4, -0.2) is 17.6 Å². The molecule has 1 atom stereocenters. The highest BCUT2D eigenvalue weighted by Gasteiger charge is 2.16. The molecule has 0 fully saturated rings. The Morgan fingerprint density at radius 3 is 2.29 bits per heavy atom. The number of anilines is 1. The number of benzene rings is 2. The summed E-state index contributed by atoms with van der Waals surface area (Å²) in [4.78, 5) is 13.3. The lowest BCUT2D eigenvalue weighted by molar-refractivity contribution is -0.140. The number of hydrogen-bond acceptors (Lipinski definition) is 2. The first-order valence-electron chi connectivity index (χ1n) is 7.14. The van der Waals surface area contributed by atoms with Gasteiger partial charge in [0, 0.05) is 18.8 Å². The molecule has 2 aromatic carbocycles. The van der Waals surface area contributed by atoms with E-state index in [-0.39, 0.29) is 0 Å².